The van der Waals surface area contributed by atoms with Crippen LogP contribution in [0.25, 0.3) is 31.6 Å². The predicted molar refractivity (Wildman–Crippen MR) is 132 cm³/mol. The van der Waals surface area contributed by atoms with Crippen LogP contribution in [0.1, 0.15) is 45.5 Å². The van der Waals surface area contributed by atoms with Crippen LogP contribution in [0.3, 0.4) is 0 Å². The number of nitrogens with one attached hydrogen (secondary N) is 1. The van der Waals surface area contributed by atoms with E-state index >= 15 is 0 Å². The van der Waals surface area contributed by atoms with E-state index in [4.69, 9.17) is 4.98 Å². The zero-order valence-corrected chi connectivity index (χ0v) is 19.6. The van der Waals surface area contributed by atoms with E-state index < -0.39 is 0 Å². The van der Waals surface area contributed by atoms with Gasteiger partial charge in [0.1, 0.15) is 21.8 Å². The molecule has 1 fully saturated rings. The van der Waals surface area contributed by atoms with E-state index in [1.807, 2.05) is 49.6 Å². The fraction of sp³-hybridized carbons (Fsp3) is 0.208. The van der Waals surface area contributed by atoms with Gasteiger partial charge in [-0.2, -0.15) is 0 Å². The van der Waals surface area contributed by atoms with E-state index in [1.165, 1.54) is 33.7 Å². The second-order valence-corrected chi connectivity index (χ2v) is 10.1. The Labute approximate surface area is 196 Å². The number of aromatic nitrogens is 4. The van der Waals surface area contributed by atoms with Gasteiger partial charge in [-0.05, 0) is 37.8 Å². The van der Waals surface area contributed by atoms with Crippen LogP contribution < -0.4 is 11.0 Å². The Morgan fingerprint density at radius 2 is 1.88 bits per heavy atom. The van der Waals surface area contributed by atoms with Gasteiger partial charge in [-0.25, -0.2) is 19.6 Å². The van der Waals surface area contributed by atoms with Crippen LogP contribution in [0, 0.1) is 13.8 Å². The average molecular weight is 474 g/mol. The lowest BCUT2D eigenvalue weighted by Crippen LogP contribution is -2.33. The first-order valence-corrected chi connectivity index (χ1v) is 12.3. The first-order chi connectivity index (χ1) is 16.0. The van der Waals surface area contributed by atoms with E-state index in [9.17, 15) is 9.59 Å². The molecule has 1 saturated carbocycles. The minimum atomic E-state index is -0.359. The Bertz CT molecular complexity index is 1610. The number of nitrogens with zero attached hydrogens (tertiary/aromatic N) is 4. The smallest absolute Gasteiger partial charge is 0.267 e. The van der Waals surface area contributed by atoms with Gasteiger partial charge in [0.05, 0.1) is 16.0 Å². The molecule has 0 bridgehead atoms. The summed E-state index contributed by atoms with van der Waals surface area (Å²) in [6, 6.07) is 9.70. The van der Waals surface area contributed by atoms with Gasteiger partial charge in [-0.1, -0.05) is 30.3 Å². The van der Waals surface area contributed by atoms with Crippen molar-refractivity contribution in [2.24, 2.45) is 0 Å². The summed E-state index contributed by atoms with van der Waals surface area (Å²) in [5, 5.41) is 3.34. The van der Waals surface area contributed by atoms with Crippen LogP contribution >= 0.6 is 22.7 Å². The molecule has 1 aliphatic rings. The molecule has 1 amide bonds. The Morgan fingerprint density at radius 3 is 2.64 bits per heavy atom. The quantitative estimate of drug-likeness (QED) is 0.396. The molecule has 1 aliphatic carbocycles. The van der Waals surface area contributed by atoms with Crippen LogP contribution in [-0.2, 0) is 0 Å². The highest BCUT2D eigenvalue weighted by molar-refractivity contribution is 7.20. The van der Waals surface area contributed by atoms with Gasteiger partial charge in [0.2, 0.25) is 0 Å². The van der Waals surface area contributed by atoms with Crippen LogP contribution in [-0.4, -0.2) is 25.5 Å². The van der Waals surface area contributed by atoms with E-state index in [0.29, 0.717) is 21.0 Å². The molecule has 7 nitrogen and oxygen atoms in total. The molecule has 9 heteroatoms. The molecular weight excluding hydrogens is 454 g/mol. The van der Waals surface area contributed by atoms with Crippen molar-refractivity contribution >= 4 is 49.0 Å². The zero-order valence-electron chi connectivity index (χ0n) is 18.0. The van der Waals surface area contributed by atoms with Crippen molar-refractivity contribution in [2.45, 2.75) is 32.6 Å². The van der Waals surface area contributed by atoms with Crippen molar-refractivity contribution in [1.29, 1.82) is 0 Å². The van der Waals surface area contributed by atoms with Crippen molar-refractivity contribution in [1.82, 2.24) is 19.6 Å². The maximum atomic E-state index is 13.3. The first-order valence-electron chi connectivity index (χ1n) is 10.6. The van der Waals surface area contributed by atoms with E-state index in [0.717, 1.165) is 51.3 Å². The molecule has 4 aromatic heterocycles. The Morgan fingerprint density at radius 1 is 1.09 bits per heavy atom. The molecule has 0 spiro atoms. The standard InChI is InChI=1S/C24H19N5O2S2/c1-12-17-13(2)26-20(15-8-9-15)27-23(17)33-19(12)21(30)28-29-11-25-22-18(24(29)31)16(10-32-22)14-6-4-3-5-7-14/h3-7,10-11,15H,8-9H2,1-2H3,(H,28,30). The van der Waals surface area contributed by atoms with Gasteiger partial charge in [0, 0.05) is 22.2 Å². The number of carbonyl (C=O) groups is 1. The lowest BCUT2D eigenvalue weighted by atomic mass is 10.1. The monoisotopic (exact) mass is 473 g/mol. The number of fused-ring (bicyclic) bond motifs is 2. The summed E-state index contributed by atoms with van der Waals surface area (Å²) in [5.74, 6) is 0.946. The molecule has 1 N–H and O–H groups in total. The third-order valence-electron chi connectivity index (χ3n) is 5.94. The van der Waals surface area contributed by atoms with Crippen LogP contribution in [0.5, 0.6) is 0 Å². The molecule has 6 rings (SSSR count). The van der Waals surface area contributed by atoms with Crippen molar-refractivity contribution in [3.8, 4) is 11.1 Å². The lowest BCUT2D eigenvalue weighted by molar-refractivity contribution is 0.101. The molecule has 0 saturated heterocycles. The fourth-order valence-corrected chi connectivity index (χ4v) is 6.14. The topological polar surface area (TPSA) is 89.8 Å². The highest BCUT2D eigenvalue weighted by Crippen LogP contribution is 2.40. The molecule has 4 heterocycles. The summed E-state index contributed by atoms with van der Waals surface area (Å²) in [5.41, 5.74) is 5.89. The largest absolute Gasteiger partial charge is 0.281 e. The number of hydrogen-bond acceptors (Lipinski definition) is 7. The predicted octanol–water partition coefficient (Wildman–Crippen LogP) is 5.01. The normalized spacial score (nSPS) is 13.6. The minimum Gasteiger partial charge on any atom is -0.267 e. The zero-order chi connectivity index (χ0) is 22.7. The van der Waals surface area contributed by atoms with Crippen molar-refractivity contribution in [3.05, 3.63) is 74.4 Å². The molecule has 1 aromatic carbocycles. The molecule has 0 unspecified atom stereocenters. The molecule has 5 aromatic rings. The lowest BCUT2D eigenvalue weighted by Gasteiger charge is -2.08. The average Bonchev–Trinajstić information content (AvgIpc) is 3.49. The van der Waals surface area contributed by atoms with Gasteiger partial charge in [0.25, 0.3) is 11.5 Å². The highest BCUT2D eigenvalue weighted by Gasteiger charge is 2.28. The number of hydrogen-bond donors (Lipinski definition) is 1. The van der Waals surface area contributed by atoms with Crippen LogP contribution in [0.2, 0.25) is 0 Å². The third kappa shape index (κ3) is 3.35. The first kappa shape index (κ1) is 20.2. The summed E-state index contributed by atoms with van der Waals surface area (Å²) in [7, 11) is 0. The number of thiophene rings is 2. The Balaban J connectivity index is 1.39. The maximum Gasteiger partial charge on any atom is 0.281 e. The maximum absolute atomic E-state index is 13.3. The van der Waals surface area contributed by atoms with Crippen LogP contribution in [0.15, 0.2) is 46.8 Å². The SMILES string of the molecule is Cc1nc(C2CC2)nc2sc(C(=O)Nn3cnc4scc(-c5ccccc5)c4c3=O)c(C)c12. The fourth-order valence-electron chi connectivity index (χ4n) is 4.10. The summed E-state index contributed by atoms with van der Waals surface area (Å²) >= 11 is 2.75. The van der Waals surface area contributed by atoms with Gasteiger partial charge < -0.3 is 0 Å². The van der Waals surface area contributed by atoms with Crippen molar-refractivity contribution < 1.29 is 4.79 Å². The third-order valence-corrected chi connectivity index (χ3v) is 8.01. The summed E-state index contributed by atoms with van der Waals surface area (Å²) in [4.78, 5) is 42.2. The minimum absolute atomic E-state index is 0.306. The molecule has 0 atom stereocenters. The summed E-state index contributed by atoms with van der Waals surface area (Å²) in [6.45, 7) is 3.86. The molecular formula is C24H19N5O2S2. The van der Waals surface area contributed by atoms with Crippen molar-refractivity contribution in [3.63, 3.8) is 0 Å². The van der Waals surface area contributed by atoms with E-state index in [1.54, 1.807) is 0 Å². The molecule has 164 valence electrons. The van der Waals surface area contributed by atoms with Crippen molar-refractivity contribution in [2.75, 3.05) is 5.43 Å². The molecule has 0 aliphatic heterocycles. The number of rotatable bonds is 4. The number of amides is 1. The highest BCUT2D eigenvalue weighted by atomic mass is 32.1. The molecule has 0 radical (unpaired) electrons. The van der Waals surface area contributed by atoms with Gasteiger partial charge in [-0.3, -0.25) is 15.0 Å². The Hall–Kier alpha value is -3.43. The van der Waals surface area contributed by atoms with Gasteiger partial charge in [-0.15, -0.1) is 22.7 Å². The number of benzene rings is 1. The second kappa shape index (κ2) is 7.57. The van der Waals surface area contributed by atoms with Gasteiger partial charge in [0.15, 0.2) is 0 Å². The number of carbonyl (C=O) groups excluding carboxylic acids is 1. The summed E-state index contributed by atoms with van der Waals surface area (Å²) in [6.07, 6.45) is 3.61. The molecule has 33 heavy (non-hydrogen) atoms. The van der Waals surface area contributed by atoms with Gasteiger partial charge >= 0.3 is 0 Å². The number of aryl methyl sites for hydroxylation is 2. The summed E-state index contributed by atoms with van der Waals surface area (Å²) < 4.78 is 1.17. The van der Waals surface area contributed by atoms with E-state index in [-0.39, 0.29) is 11.5 Å². The Kier molecular flexibility index (Phi) is 4.63. The second-order valence-electron chi connectivity index (χ2n) is 8.23. The van der Waals surface area contributed by atoms with E-state index in [2.05, 4.69) is 15.4 Å². The van der Waals surface area contributed by atoms with Crippen LogP contribution in [0.4, 0.5) is 0 Å².